The van der Waals surface area contributed by atoms with Crippen LogP contribution >= 0.6 is 0 Å². The van der Waals surface area contributed by atoms with E-state index >= 15 is 0 Å². The van der Waals surface area contributed by atoms with Gasteiger partial charge in [-0.3, -0.25) is 4.79 Å². The lowest BCUT2D eigenvalue weighted by atomic mass is 10.1. The van der Waals surface area contributed by atoms with Gasteiger partial charge in [0, 0.05) is 6.54 Å². The summed E-state index contributed by atoms with van der Waals surface area (Å²) < 4.78 is 4.93. The second-order valence-corrected chi connectivity index (χ2v) is 5.43. The highest BCUT2D eigenvalue weighted by Crippen LogP contribution is 2.07. The van der Waals surface area contributed by atoms with Crippen molar-refractivity contribution in [3.8, 4) is 0 Å². The van der Waals surface area contributed by atoms with Gasteiger partial charge < -0.3 is 15.8 Å². The Morgan fingerprint density at radius 1 is 1.04 bits per heavy atom. The van der Waals surface area contributed by atoms with Crippen LogP contribution in [0.15, 0.2) is 54.6 Å². The molecule has 2 aromatic rings. The van der Waals surface area contributed by atoms with Gasteiger partial charge in [-0.1, -0.05) is 42.5 Å². The van der Waals surface area contributed by atoms with Crippen molar-refractivity contribution in [2.75, 3.05) is 6.61 Å². The van der Waals surface area contributed by atoms with Crippen molar-refractivity contribution in [1.82, 2.24) is 5.32 Å². The standard InChI is InChI=1S/C19H22N2O3/c1-2-24-19(23)16-10-8-15(9-11-16)13-21-18(22)17(20)12-14-6-4-3-5-7-14/h3-11,17H,2,12-13,20H2,1H3,(H,21,22)/t17-/m0/s1. The predicted octanol–water partition coefficient (Wildman–Crippen LogP) is 2.05. The van der Waals surface area contributed by atoms with Crippen molar-refractivity contribution >= 4 is 11.9 Å². The molecule has 2 rings (SSSR count). The molecule has 0 aromatic heterocycles. The van der Waals surface area contributed by atoms with Crippen LogP contribution in [0.4, 0.5) is 0 Å². The van der Waals surface area contributed by atoms with Crippen LogP contribution in [0.25, 0.3) is 0 Å². The normalized spacial score (nSPS) is 11.6. The summed E-state index contributed by atoms with van der Waals surface area (Å²) in [6.07, 6.45) is 0.495. The molecule has 0 unspecified atom stereocenters. The molecule has 0 saturated heterocycles. The third-order valence-electron chi connectivity index (χ3n) is 3.57. The van der Waals surface area contributed by atoms with Crippen LogP contribution in [-0.2, 0) is 22.5 Å². The Balaban J connectivity index is 1.84. The topological polar surface area (TPSA) is 81.4 Å². The van der Waals surface area contributed by atoms with Gasteiger partial charge in [0.1, 0.15) is 0 Å². The number of hydrogen-bond acceptors (Lipinski definition) is 4. The highest BCUT2D eigenvalue weighted by molar-refractivity contribution is 5.89. The maximum Gasteiger partial charge on any atom is 0.338 e. The van der Waals surface area contributed by atoms with Crippen LogP contribution in [0.1, 0.15) is 28.4 Å². The molecule has 0 aliphatic heterocycles. The summed E-state index contributed by atoms with van der Waals surface area (Å²) in [4.78, 5) is 23.6. The number of nitrogens with one attached hydrogen (secondary N) is 1. The number of ether oxygens (including phenoxy) is 1. The number of benzene rings is 2. The monoisotopic (exact) mass is 326 g/mol. The molecule has 0 bridgehead atoms. The zero-order valence-electron chi connectivity index (χ0n) is 13.7. The zero-order chi connectivity index (χ0) is 17.4. The summed E-state index contributed by atoms with van der Waals surface area (Å²) in [7, 11) is 0. The minimum Gasteiger partial charge on any atom is -0.462 e. The quantitative estimate of drug-likeness (QED) is 0.763. The number of carbonyl (C=O) groups is 2. The number of carbonyl (C=O) groups excluding carboxylic acids is 2. The summed E-state index contributed by atoms with van der Waals surface area (Å²) in [5.74, 6) is -0.550. The molecule has 0 fully saturated rings. The highest BCUT2D eigenvalue weighted by Gasteiger charge is 2.13. The molecule has 24 heavy (non-hydrogen) atoms. The average Bonchev–Trinajstić information content (AvgIpc) is 2.61. The van der Waals surface area contributed by atoms with E-state index in [9.17, 15) is 9.59 Å². The van der Waals surface area contributed by atoms with Crippen LogP contribution in [0, 0.1) is 0 Å². The maximum atomic E-state index is 12.1. The Morgan fingerprint density at radius 2 is 1.71 bits per heavy atom. The molecular formula is C19H22N2O3. The molecule has 1 amide bonds. The summed E-state index contributed by atoms with van der Waals surface area (Å²) in [6.45, 7) is 2.47. The summed E-state index contributed by atoms with van der Waals surface area (Å²) in [5, 5.41) is 2.81. The second kappa shape index (κ2) is 8.84. The first kappa shape index (κ1) is 17.7. The van der Waals surface area contributed by atoms with E-state index < -0.39 is 6.04 Å². The molecule has 1 atom stereocenters. The van der Waals surface area contributed by atoms with Crippen molar-refractivity contribution in [1.29, 1.82) is 0 Å². The fourth-order valence-corrected chi connectivity index (χ4v) is 2.25. The molecule has 0 radical (unpaired) electrons. The van der Waals surface area contributed by atoms with Crippen molar-refractivity contribution in [2.24, 2.45) is 5.73 Å². The third kappa shape index (κ3) is 5.21. The Labute approximate surface area is 141 Å². The molecule has 126 valence electrons. The lowest BCUT2D eigenvalue weighted by Gasteiger charge is -2.12. The van der Waals surface area contributed by atoms with E-state index in [0.29, 0.717) is 25.1 Å². The minimum absolute atomic E-state index is 0.201. The molecule has 5 nitrogen and oxygen atoms in total. The average molecular weight is 326 g/mol. The first-order chi connectivity index (χ1) is 11.6. The largest absolute Gasteiger partial charge is 0.462 e. The van der Waals surface area contributed by atoms with Gasteiger partial charge in [0.05, 0.1) is 18.2 Å². The summed E-state index contributed by atoms with van der Waals surface area (Å²) in [5.41, 5.74) is 8.35. The van der Waals surface area contributed by atoms with Gasteiger partial charge in [0.15, 0.2) is 0 Å². The fraction of sp³-hybridized carbons (Fsp3) is 0.263. The van der Waals surface area contributed by atoms with Crippen molar-refractivity contribution < 1.29 is 14.3 Å². The maximum absolute atomic E-state index is 12.1. The van der Waals surface area contributed by atoms with Crippen molar-refractivity contribution in [3.63, 3.8) is 0 Å². The van der Waals surface area contributed by atoms with Gasteiger partial charge in [0.2, 0.25) is 5.91 Å². The molecule has 5 heteroatoms. The van der Waals surface area contributed by atoms with Gasteiger partial charge in [-0.15, -0.1) is 0 Å². The molecule has 0 aliphatic rings. The molecule has 2 aromatic carbocycles. The Hall–Kier alpha value is -2.66. The van der Waals surface area contributed by atoms with E-state index in [0.717, 1.165) is 11.1 Å². The van der Waals surface area contributed by atoms with E-state index in [2.05, 4.69) is 5.32 Å². The minimum atomic E-state index is -0.591. The number of esters is 1. The van der Waals surface area contributed by atoms with Crippen LogP contribution in [0.5, 0.6) is 0 Å². The first-order valence-electron chi connectivity index (χ1n) is 7.93. The molecule has 0 saturated carbocycles. The summed E-state index contributed by atoms with van der Waals surface area (Å²) >= 11 is 0. The lowest BCUT2D eigenvalue weighted by Crippen LogP contribution is -2.41. The van der Waals surface area contributed by atoms with E-state index in [4.69, 9.17) is 10.5 Å². The predicted molar refractivity (Wildman–Crippen MR) is 92.4 cm³/mol. The van der Waals surface area contributed by atoms with Crippen LogP contribution in [0.2, 0.25) is 0 Å². The van der Waals surface area contributed by atoms with Crippen molar-refractivity contribution in [2.45, 2.75) is 25.9 Å². The molecule has 0 heterocycles. The summed E-state index contributed by atoms with van der Waals surface area (Å²) in [6, 6.07) is 16.0. The number of rotatable bonds is 7. The van der Waals surface area contributed by atoms with Crippen molar-refractivity contribution in [3.05, 3.63) is 71.3 Å². The lowest BCUT2D eigenvalue weighted by molar-refractivity contribution is -0.122. The number of hydrogen-bond donors (Lipinski definition) is 2. The molecule has 3 N–H and O–H groups in total. The first-order valence-corrected chi connectivity index (χ1v) is 7.93. The van der Waals surface area contributed by atoms with Crippen LogP contribution in [-0.4, -0.2) is 24.5 Å². The molecule has 0 aliphatic carbocycles. The van der Waals surface area contributed by atoms with Gasteiger partial charge >= 0.3 is 5.97 Å². The van der Waals surface area contributed by atoms with E-state index in [1.165, 1.54) is 0 Å². The van der Waals surface area contributed by atoms with Gasteiger partial charge in [-0.25, -0.2) is 4.79 Å². The SMILES string of the molecule is CCOC(=O)c1ccc(CNC(=O)[C@@H](N)Cc2ccccc2)cc1. The Morgan fingerprint density at radius 3 is 2.33 bits per heavy atom. The third-order valence-corrected chi connectivity index (χ3v) is 3.57. The van der Waals surface area contributed by atoms with Gasteiger partial charge in [-0.05, 0) is 36.6 Å². The fourth-order valence-electron chi connectivity index (χ4n) is 2.25. The second-order valence-electron chi connectivity index (χ2n) is 5.43. The number of nitrogens with two attached hydrogens (primary N) is 1. The van der Waals surface area contributed by atoms with E-state index in [1.807, 2.05) is 30.3 Å². The van der Waals surface area contributed by atoms with Crippen LogP contribution in [0.3, 0.4) is 0 Å². The number of amides is 1. The van der Waals surface area contributed by atoms with Gasteiger partial charge in [-0.2, -0.15) is 0 Å². The Kier molecular flexibility index (Phi) is 6.51. The van der Waals surface area contributed by atoms with Crippen LogP contribution < -0.4 is 11.1 Å². The van der Waals surface area contributed by atoms with Gasteiger partial charge in [0.25, 0.3) is 0 Å². The van der Waals surface area contributed by atoms with E-state index in [1.54, 1.807) is 31.2 Å². The molecular weight excluding hydrogens is 304 g/mol. The molecule has 0 spiro atoms. The highest BCUT2D eigenvalue weighted by atomic mass is 16.5. The Bertz CT molecular complexity index is 669. The smallest absolute Gasteiger partial charge is 0.338 e. The zero-order valence-corrected chi connectivity index (χ0v) is 13.7. The van der Waals surface area contributed by atoms with E-state index in [-0.39, 0.29) is 11.9 Å².